The van der Waals surface area contributed by atoms with Crippen LogP contribution in [0.2, 0.25) is 0 Å². The van der Waals surface area contributed by atoms with Gasteiger partial charge in [-0.1, -0.05) is 18.2 Å². The predicted molar refractivity (Wildman–Crippen MR) is 97.4 cm³/mol. The van der Waals surface area contributed by atoms with E-state index in [1.807, 2.05) is 32.3 Å². The van der Waals surface area contributed by atoms with Gasteiger partial charge >= 0.3 is 30.8 Å². The minimum absolute atomic E-state index is 0. The van der Waals surface area contributed by atoms with Crippen molar-refractivity contribution < 1.29 is 72.1 Å². The Kier molecular flexibility index (Phi) is 32.8. The van der Waals surface area contributed by atoms with E-state index in [0.29, 0.717) is 0 Å². The second-order valence-electron chi connectivity index (χ2n) is 4.03. The number of halogens is 6. The zero-order valence-corrected chi connectivity index (χ0v) is 20.4. The summed E-state index contributed by atoms with van der Waals surface area (Å²) >= 11 is 0. The van der Waals surface area contributed by atoms with E-state index in [2.05, 4.69) is 17.0 Å². The third kappa shape index (κ3) is 25.0. The first kappa shape index (κ1) is 52.0. The van der Waals surface area contributed by atoms with Gasteiger partial charge in [0.1, 0.15) is 0 Å². The largest absolute Gasteiger partial charge is 2.00 e. The molecule has 31 heavy (non-hydrogen) atoms. The predicted octanol–water partition coefficient (Wildman–Crippen LogP) is 2.66. The number of hydrogen-bond acceptors (Lipinski definition) is 12. The summed E-state index contributed by atoms with van der Waals surface area (Å²) in [5, 5.41) is 0. The zero-order valence-electron chi connectivity index (χ0n) is 16.3. The maximum atomic E-state index is 10.7. The molecule has 0 unspecified atom stereocenters. The van der Waals surface area contributed by atoms with Crippen LogP contribution < -0.4 is 35.7 Å². The Balaban J connectivity index is -0.0000000390. The quantitative estimate of drug-likeness (QED) is 0.161. The number of nitrogens with zero attached hydrogens (tertiary/aromatic N) is 1. The Labute approximate surface area is 189 Å². The fourth-order valence-electron chi connectivity index (χ4n) is 0.726. The average molecular weight is 695 g/mol. The molecule has 0 aromatic heterocycles. The van der Waals surface area contributed by atoms with Crippen molar-refractivity contribution in [2.75, 3.05) is 19.0 Å². The molecule has 0 amide bonds. The van der Waals surface area contributed by atoms with Gasteiger partial charge in [-0.25, -0.2) is 16.8 Å². The summed E-state index contributed by atoms with van der Waals surface area (Å²) in [6.07, 6.45) is 0. The van der Waals surface area contributed by atoms with Gasteiger partial charge in [-0.15, -0.1) is 0 Å². The molecule has 0 aliphatic carbocycles. The van der Waals surface area contributed by atoms with Gasteiger partial charge in [0.2, 0.25) is 0 Å². The van der Waals surface area contributed by atoms with Crippen molar-refractivity contribution in [1.29, 1.82) is 0 Å². The molecule has 15 N–H and O–H groups in total. The van der Waals surface area contributed by atoms with E-state index in [1.165, 1.54) is 5.69 Å². The first-order valence-corrected chi connectivity index (χ1v) is 8.39. The average Bonchev–Trinajstić information content (AvgIpc) is 2.36. The fourth-order valence-corrected chi connectivity index (χ4v) is 0.726. The molecule has 0 heterocycles. The van der Waals surface area contributed by atoms with Gasteiger partial charge < -0.3 is 44.8 Å². The number of benzene rings is 1. The first-order valence-electron chi connectivity index (χ1n) is 5.57. The van der Waals surface area contributed by atoms with E-state index in [9.17, 15) is 26.3 Å². The van der Waals surface area contributed by atoms with Gasteiger partial charge in [-0.2, -0.15) is 26.3 Å². The molecule has 1 aromatic carbocycles. The number of rotatable bonds is 1. The standard InChI is InChI=1S/C8H11N.2CHF3O3S.5H3N.Os/c1-9(2)8-6-4-3-5-7-8;2*2-1(3,4)8(5,6)7;;;;;;/h3-7H,1-2H3;2*(H,5,6,7);5*1H3;/q;;;;;;;;+2/p-2. The van der Waals surface area contributed by atoms with Crippen molar-refractivity contribution in [2.24, 2.45) is 0 Å². The van der Waals surface area contributed by atoms with Crippen LogP contribution in [0, 0.1) is 0 Å². The zero-order chi connectivity index (χ0) is 20.7. The molecule has 194 valence electrons. The van der Waals surface area contributed by atoms with Gasteiger partial charge in [0.05, 0.1) is 0 Å². The monoisotopic (exact) mass is 696 g/mol. The molecule has 1 aromatic rings. The SMILES string of the molecule is CN(C)c1ccccc1.N.N.N.N.N.O=S(=O)([O-])C(F)(F)F.O=S(=O)([O-])C(F)(F)F.[Os+2]. The summed E-state index contributed by atoms with van der Waals surface area (Å²) in [5.41, 5.74) is -10.0. The maximum Gasteiger partial charge on any atom is 2.00 e. The van der Waals surface area contributed by atoms with Crippen LogP contribution >= 0.6 is 0 Å². The molecule has 0 radical (unpaired) electrons. The van der Waals surface area contributed by atoms with Gasteiger partial charge in [0.25, 0.3) is 0 Å². The van der Waals surface area contributed by atoms with Gasteiger partial charge in [0, 0.05) is 19.8 Å². The Morgan fingerprint density at radius 1 is 0.677 bits per heavy atom. The summed E-state index contributed by atoms with van der Waals surface area (Å²) in [6.45, 7) is 0. The van der Waals surface area contributed by atoms with Crippen molar-refractivity contribution in [3.63, 3.8) is 0 Å². The molecule has 0 fully saturated rings. The van der Waals surface area contributed by atoms with Crippen LogP contribution in [0.3, 0.4) is 0 Å². The Hall–Kier alpha value is -1.14. The molecule has 0 atom stereocenters. The second-order valence-corrected chi connectivity index (χ2v) is 6.77. The van der Waals surface area contributed by atoms with E-state index in [-0.39, 0.29) is 50.5 Å². The number of hydrogen-bond donors (Lipinski definition) is 5. The van der Waals surface area contributed by atoms with Crippen molar-refractivity contribution in [1.82, 2.24) is 30.8 Å². The molecule has 0 bridgehead atoms. The van der Waals surface area contributed by atoms with Crippen LogP contribution in [-0.4, -0.2) is 51.1 Å². The van der Waals surface area contributed by atoms with E-state index in [0.717, 1.165) is 0 Å². The van der Waals surface area contributed by atoms with E-state index in [4.69, 9.17) is 25.9 Å². The maximum absolute atomic E-state index is 10.7. The van der Waals surface area contributed by atoms with Crippen LogP contribution in [0.5, 0.6) is 0 Å². The van der Waals surface area contributed by atoms with E-state index >= 15 is 0 Å². The number of alkyl halides is 6. The summed E-state index contributed by atoms with van der Waals surface area (Å²) in [4.78, 5) is 2.08. The van der Waals surface area contributed by atoms with Crippen LogP contribution in [0.1, 0.15) is 0 Å². The molecule has 1 rings (SSSR count). The van der Waals surface area contributed by atoms with Crippen molar-refractivity contribution >= 4 is 25.9 Å². The van der Waals surface area contributed by atoms with Crippen LogP contribution in [-0.2, 0) is 40.0 Å². The molecule has 0 aliphatic heterocycles. The molecule has 0 spiro atoms. The minimum Gasteiger partial charge on any atom is -0.741 e. The Bertz CT molecular complexity index is 692. The van der Waals surface area contributed by atoms with Crippen LogP contribution in [0.4, 0.5) is 32.0 Å². The normalized spacial score (nSPS) is 9.87. The fraction of sp³-hybridized carbons (Fsp3) is 0.400. The van der Waals surface area contributed by atoms with E-state index in [1.54, 1.807) is 0 Å². The summed E-state index contributed by atoms with van der Waals surface area (Å²) < 4.78 is 118. The topological polar surface area (TPSA) is 293 Å². The third-order valence-electron chi connectivity index (χ3n) is 1.84. The van der Waals surface area contributed by atoms with Gasteiger partial charge in [-0.3, -0.25) is 0 Å². The first-order chi connectivity index (χ1) is 10.8. The molecule has 0 saturated heterocycles. The molecule has 21 heteroatoms. The van der Waals surface area contributed by atoms with Gasteiger partial charge in [0.15, 0.2) is 20.2 Å². The molecule has 0 saturated carbocycles. The molecule has 12 nitrogen and oxygen atoms in total. The molecule has 0 aliphatic rings. The number of anilines is 1. The van der Waals surface area contributed by atoms with Gasteiger partial charge in [-0.05, 0) is 12.1 Å². The smallest absolute Gasteiger partial charge is 0.741 e. The van der Waals surface area contributed by atoms with Crippen molar-refractivity contribution in [3.8, 4) is 0 Å². The van der Waals surface area contributed by atoms with Crippen LogP contribution in [0.15, 0.2) is 30.3 Å². The Morgan fingerprint density at radius 3 is 0.968 bits per heavy atom. The van der Waals surface area contributed by atoms with Crippen molar-refractivity contribution in [3.05, 3.63) is 30.3 Å². The summed E-state index contributed by atoms with van der Waals surface area (Å²) in [5.74, 6) is 0. The molecular weight excluding hydrogens is 668 g/mol. The second kappa shape index (κ2) is 19.5. The third-order valence-corrected chi connectivity index (χ3v) is 2.97. The summed E-state index contributed by atoms with van der Waals surface area (Å²) in [7, 11) is -8.11. The van der Waals surface area contributed by atoms with Crippen molar-refractivity contribution in [2.45, 2.75) is 11.0 Å². The number of para-hydroxylation sites is 1. The summed E-state index contributed by atoms with van der Waals surface area (Å²) in [6, 6.07) is 10.3. The van der Waals surface area contributed by atoms with E-state index < -0.39 is 31.3 Å². The van der Waals surface area contributed by atoms with Crippen LogP contribution in [0.25, 0.3) is 0 Å². The minimum atomic E-state index is -6.09. The molecular formula is C10H26F6N6O6OsS2. The Morgan fingerprint density at radius 2 is 0.871 bits per heavy atom.